The molecule has 0 saturated carbocycles. The van der Waals surface area contributed by atoms with Gasteiger partial charge in [0.05, 0.1) is 29.4 Å². The number of piperazine rings is 1. The van der Waals surface area contributed by atoms with Crippen molar-refractivity contribution in [3.8, 4) is 17.0 Å². The molecule has 1 aromatic carbocycles. The van der Waals surface area contributed by atoms with Crippen LogP contribution in [0.2, 0.25) is 0 Å². The molecule has 2 amide bonds. The molecule has 0 radical (unpaired) electrons. The third-order valence-electron chi connectivity index (χ3n) is 5.87. The van der Waals surface area contributed by atoms with Crippen LogP contribution in [-0.4, -0.2) is 52.9 Å². The molecule has 37 heavy (non-hydrogen) atoms. The third kappa shape index (κ3) is 6.85. The minimum absolute atomic E-state index is 0.000272. The van der Waals surface area contributed by atoms with Crippen LogP contribution in [0.25, 0.3) is 11.3 Å². The Morgan fingerprint density at radius 1 is 1.22 bits per heavy atom. The molecule has 196 valence electrons. The van der Waals surface area contributed by atoms with Crippen LogP contribution in [0, 0.1) is 0 Å². The fourth-order valence-corrected chi connectivity index (χ4v) is 4.75. The standard InChI is InChI=1S/C26H27F3N4O3S/c1-2-3-4-11-36-22-8-5-17(12-19(22)26(27,28)29)13-24-32-21(16-37-24)18-6-7-20(31-14-18)25(35)33-10-9-30-23(34)15-33/h5-8,12,14,16H,2-4,9-11,13,15H2,1H3,(H,30,34). The number of thiazole rings is 1. The molecule has 0 bridgehead atoms. The Balaban J connectivity index is 1.44. The van der Waals surface area contributed by atoms with Gasteiger partial charge in [-0.15, -0.1) is 11.3 Å². The molecule has 0 unspecified atom stereocenters. The zero-order valence-corrected chi connectivity index (χ0v) is 21.1. The predicted molar refractivity (Wildman–Crippen MR) is 134 cm³/mol. The van der Waals surface area contributed by atoms with Gasteiger partial charge in [0.1, 0.15) is 11.4 Å². The minimum atomic E-state index is -4.52. The number of alkyl halides is 3. The average molecular weight is 533 g/mol. The second-order valence-corrected chi connectivity index (χ2v) is 9.64. The number of aromatic nitrogens is 2. The van der Waals surface area contributed by atoms with Crippen molar-refractivity contribution in [1.82, 2.24) is 20.2 Å². The molecule has 0 aliphatic carbocycles. The highest BCUT2D eigenvalue weighted by atomic mass is 32.1. The van der Waals surface area contributed by atoms with E-state index in [1.165, 1.54) is 28.5 Å². The van der Waals surface area contributed by atoms with E-state index in [1.807, 2.05) is 6.92 Å². The number of hydrogen-bond acceptors (Lipinski definition) is 6. The maximum absolute atomic E-state index is 13.6. The molecular weight excluding hydrogens is 505 g/mol. The van der Waals surface area contributed by atoms with E-state index in [-0.39, 0.29) is 42.8 Å². The number of unbranched alkanes of at least 4 members (excludes halogenated alkanes) is 2. The van der Waals surface area contributed by atoms with Crippen LogP contribution in [0.1, 0.15) is 52.8 Å². The van der Waals surface area contributed by atoms with Crippen LogP contribution < -0.4 is 10.1 Å². The largest absolute Gasteiger partial charge is 0.493 e. The van der Waals surface area contributed by atoms with E-state index in [9.17, 15) is 22.8 Å². The summed E-state index contributed by atoms with van der Waals surface area (Å²) in [6.07, 6.45) is -0.185. The zero-order chi connectivity index (χ0) is 26.4. The molecule has 7 nitrogen and oxygen atoms in total. The monoisotopic (exact) mass is 532 g/mol. The second kappa shape index (κ2) is 11.7. The van der Waals surface area contributed by atoms with E-state index in [4.69, 9.17) is 4.74 Å². The normalized spacial score (nSPS) is 13.9. The summed E-state index contributed by atoms with van der Waals surface area (Å²) in [7, 11) is 0. The second-order valence-electron chi connectivity index (χ2n) is 8.70. The van der Waals surface area contributed by atoms with Crippen LogP contribution >= 0.6 is 11.3 Å². The molecule has 0 atom stereocenters. The molecule has 1 aliphatic heterocycles. The lowest BCUT2D eigenvalue weighted by Gasteiger charge is -2.26. The van der Waals surface area contributed by atoms with Crippen molar-refractivity contribution in [2.75, 3.05) is 26.2 Å². The highest BCUT2D eigenvalue weighted by molar-refractivity contribution is 7.10. The molecule has 1 saturated heterocycles. The Morgan fingerprint density at radius 2 is 2.05 bits per heavy atom. The van der Waals surface area contributed by atoms with Gasteiger partial charge in [-0.3, -0.25) is 14.6 Å². The highest BCUT2D eigenvalue weighted by Gasteiger charge is 2.34. The number of rotatable bonds is 9. The van der Waals surface area contributed by atoms with Crippen molar-refractivity contribution in [1.29, 1.82) is 0 Å². The first kappa shape index (κ1) is 26.6. The Kier molecular flexibility index (Phi) is 8.42. The van der Waals surface area contributed by atoms with Gasteiger partial charge in [-0.05, 0) is 36.2 Å². The van der Waals surface area contributed by atoms with Gasteiger partial charge in [-0.1, -0.05) is 25.8 Å². The number of carbonyl (C=O) groups excluding carboxylic acids is 2. The predicted octanol–water partition coefficient (Wildman–Crippen LogP) is 4.96. The molecule has 4 rings (SSSR count). The topological polar surface area (TPSA) is 84.4 Å². The average Bonchev–Trinajstić information content (AvgIpc) is 3.35. The summed E-state index contributed by atoms with van der Waals surface area (Å²) in [6, 6.07) is 7.44. The van der Waals surface area contributed by atoms with Crippen LogP contribution in [0.3, 0.4) is 0 Å². The van der Waals surface area contributed by atoms with Crippen molar-refractivity contribution in [2.45, 2.75) is 38.8 Å². The summed E-state index contributed by atoms with van der Waals surface area (Å²) in [5.74, 6) is -0.681. The number of carbonyl (C=O) groups is 2. The van der Waals surface area contributed by atoms with Gasteiger partial charge in [-0.25, -0.2) is 4.98 Å². The molecule has 3 aromatic rings. The van der Waals surface area contributed by atoms with E-state index < -0.39 is 11.7 Å². The Bertz CT molecular complexity index is 1240. The van der Waals surface area contributed by atoms with Gasteiger partial charge in [0.2, 0.25) is 5.91 Å². The van der Waals surface area contributed by atoms with Crippen molar-refractivity contribution < 1.29 is 27.5 Å². The number of amides is 2. The first-order valence-electron chi connectivity index (χ1n) is 12.0. The van der Waals surface area contributed by atoms with E-state index in [0.29, 0.717) is 41.3 Å². The van der Waals surface area contributed by atoms with Gasteiger partial charge in [0.15, 0.2) is 0 Å². The Hall–Kier alpha value is -3.47. The summed E-state index contributed by atoms with van der Waals surface area (Å²) in [5.41, 5.74) is 1.23. The number of halogens is 3. The fraction of sp³-hybridized carbons (Fsp3) is 0.385. The fourth-order valence-electron chi connectivity index (χ4n) is 3.91. The molecule has 1 N–H and O–H groups in total. The number of nitrogens with zero attached hydrogens (tertiary/aromatic N) is 3. The smallest absolute Gasteiger partial charge is 0.419 e. The maximum Gasteiger partial charge on any atom is 0.419 e. The maximum atomic E-state index is 13.6. The summed E-state index contributed by atoms with van der Waals surface area (Å²) in [5, 5.41) is 5.13. The van der Waals surface area contributed by atoms with Gasteiger partial charge in [0.25, 0.3) is 5.91 Å². The van der Waals surface area contributed by atoms with Crippen molar-refractivity contribution in [2.24, 2.45) is 0 Å². The van der Waals surface area contributed by atoms with Crippen LogP contribution in [0.4, 0.5) is 13.2 Å². The molecule has 1 fully saturated rings. The van der Waals surface area contributed by atoms with Gasteiger partial charge in [-0.2, -0.15) is 13.2 Å². The van der Waals surface area contributed by atoms with Gasteiger partial charge in [0, 0.05) is 36.7 Å². The van der Waals surface area contributed by atoms with Gasteiger partial charge < -0.3 is 15.0 Å². The van der Waals surface area contributed by atoms with Crippen molar-refractivity contribution in [3.05, 3.63) is 63.7 Å². The highest BCUT2D eigenvalue weighted by Crippen LogP contribution is 2.37. The lowest BCUT2D eigenvalue weighted by atomic mass is 10.1. The lowest BCUT2D eigenvalue weighted by Crippen LogP contribution is -2.50. The first-order valence-corrected chi connectivity index (χ1v) is 12.9. The summed E-state index contributed by atoms with van der Waals surface area (Å²) in [4.78, 5) is 34.4. The van der Waals surface area contributed by atoms with Crippen molar-refractivity contribution in [3.63, 3.8) is 0 Å². The number of benzene rings is 1. The number of nitrogens with one attached hydrogen (secondary N) is 1. The van der Waals surface area contributed by atoms with Gasteiger partial charge >= 0.3 is 6.18 Å². The summed E-state index contributed by atoms with van der Waals surface area (Å²) < 4.78 is 46.4. The molecule has 3 heterocycles. The number of ether oxygens (including phenoxy) is 1. The van der Waals surface area contributed by atoms with Crippen molar-refractivity contribution >= 4 is 23.2 Å². The van der Waals surface area contributed by atoms with Crippen LogP contribution in [0.5, 0.6) is 5.75 Å². The summed E-state index contributed by atoms with van der Waals surface area (Å²) >= 11 is 1.34. The van der Waals surface area contributed by atoms with E-state index in [0.717, 1.165) is 18.9 Å². The van der Waals surface area contributed by atoms with Crippen LogP contribution in [0.15, 0.2) is 41.9 Å². The quantitative estimate of drug-likeness (QED) is 0.394. The molecule has 1 aliphatic rings. The molecule has 2 aromatic heterocycles. The third-order valence-corrected chi connectivity index (χ3v) is 6.71. The Morgan fingerprint density at radius 3 is 2.76 bits per heavy atom. The molecule has 11 heteroatoms. The Labute approximate surface area is 216 Å². The summed E-state index contributed by atoms with van der Waals surface area (Å²) in [6.45, 7) is 3.09. The van der Waals surface area contributed by atoms with Crippen LogP contribution in [-0.2, 0) is 17.4 Å². The van der Waals surface area contributed by atoms with E-state index in [1.54, 1.807) is 23.6 Å². The number of pyridine rings is 1. The molecule has 0 spiro atoms. The first-order chi connectivity index (χ1) is 17.7. The molecular formula is C26H27F3N4O3S. The lowest BCUT2D eigenvalue weighted by molar-refractivity contribution is -0.139. The van der Waals surface area contributed by atoms with E-state index >= 15 is 0 Å². The SMILES string of the molecule is CCCCCOc1ccc(Cc2nc(-c3ccc(C(=O)N4CCNC(=O)C4)nc3)cs2)cc1C(F)(F)F. The minimum Gasteiger partial charge on any atom is -0.493 e. The van der Waals surface area contributed by atoms with E-state index in [2.05, 4.69) is 15.3 Å². The number of hydrogen-bond donors (Lipinski definition) is 1. The zero-order valence-electron chi connectivity index (χ0n) is 20.3.